The lowest BCUT2D eigenvalue weighted by Crippen LogP contribution is -2.15. The predicted molar refractivity (Wildman–Crippen MR) is 110 cm³/mol. The third kappa shape index (κ3) is 4.17. The van der Waals surface area contributed by atoms with Crippen LogP contribution in [0.15, 0.2) is 45.8 Å². The molecule has 0 aliphatic heterocycles. The van der Waals surface area contributed by atoms with Gasteiger partial charge in [0.15, 0.2) is 11.5 Å². The second kappa shape index (κ2) is 8.22. The molecule has 12 heteroatoms. The summed E-state index contributed by atoms with van der Waals surface area (Å²) in [6.45, 7) is 0. The molecule has 0 radical (unpaired) electrons. The summed E-state index contributed by atoms with van der Waals surface area (Å²) in [7, 11) is -0.942. The number of nitrogens with two attached hydrogens (primary N) is 2. The summed E-state index contributed by atoms with van der Waals surface area (Å²) >= 11 is 6.32. The molecule has 1 heterocycles. The van der Waals surface area contributed by atoms with Gasteiger partial charge in [-0.05, 0) is 30.3 Å². The van der Waals surface area contributed by atoms with Crippen LogP contribution in [0.3, 0.4) is 0 Å². The first-order valence-electron chi connectivity index (χ1n) is 8.27. The van der Waals surface area contributed by atoms with Gasteiger partial charge in [-0.3, -0.25) is 4.79 Å². The first-order chi connectivity index (χ1) is 14.2. The molecule has 158 valence electrons. The Kier molecular flexibility index (Phi) is 5.87. The van der Waals surface area contributed by atoms with Gasteiger partial charge in [-0.15, -0.1) is 0 Å². The third-order valence-corrected chi connectivity index (χ3v) is 5.36. The second-order valence-corrected chi connectivity index (χ2v) is 7.95. The number of nitrogen functional groups attached to an aromatic ring is 1. The van der Waals surface area contributed by atoms with Crippen molar-refractivity contribution < 1.29 is 27.2 Å². The van der Waals surface area contributed by atoms with E-state index in [4.69, 9.17) is 36.5 Å². The number of rotatable bonds is 6. The Balaban J connectivity index is 1.97. The number of benzene rings is 2. The van der Waals surface area contributed by atoms with Gasteiger partial charge >= 0.3 is 0 Å². The lowest BCUT2D eigenvalue weighted by Gasteiger charge is -2.11. The van der Waals surface area contributed by atoms with Crippen LogP contribution in [-0.2, 0) is 10.0 Å². The van der Waals surface area contributed by atoms with Gasteiger partial charge in [0.25, 0.3) is 5.91 Å². The van der Waals surface area contributed by atoms with Crippen molar-refractivity contribution in [3.63, 3.8) is 0 Å². The van der Waals surface area contributed by atoms with Crippen molar-refractivity contribution in [1.29, 1.82) is 0 Å². The number of carbonyl (C=O) groups excluding carboxylic acids is 1. The van der Waals surface area contributed by atoms with Crippen molar-refractivity contribution in [3.8, 4) is 22.8 Å². The highest BCUT2D eigenvalue weighted by Crippen LogP contribution is 2.40. The molecule has 0 bridgehead atoms. The van der Waals surface area contributed by atoms with Crippen LogP contribution in [0.1, 0.15) is 10.4 Å². The topological polar surface area (TPSA) is 160 Å². The van der Waals surface area contributed by atoms with Crippen LogP contribution in [-0.4, -0.2) is 33.7 Å². The summed E-state index contributed by atoms with van der Waals surface area (Å²) in [6.07, 6.45) is 0. The van der Waals surface area contributed by atoms with Crippen LogP contribution in [0.2, 0.25) is 5.02 Å². The van der Waals surface area contributed by atoms with Gasteiger partial charge in [-0.2, -0.15) is 0 Å². The number of ether oxygens (including phenoxy) is 2. The minimum absolute atomic E-state index is 0.0559. The standard InChI is InChI=1S/C18H17ClN4O6S/c1-27-13-7-11(12(19)8-14(13)28-2)16-15(17(20)29-23-16)18(24)22-9-3-5-10(6-4-9)30(21,25)26/h3-8H,20H2,1-2H3,(H,22,24)(H2,21,25,26). The van der Waals surface area contributed by atoms with Gasteiger partial charge in [0.1, 0.15) is 11.3 Å². The summed E-state index contributed by atoms with van der Waals surface area (Å²) in [4.78, 5) is 12.7. The first-order valence-corrected chi connectivity index (χ1v) is 10.2. The van der Waals surface area contributed by atoms with E-state index in [0.717, 1.165) is 0 Å². The van der Waals surface area contributed by atoms with Crippen molar-refractivity contribution in [2.24, 2.45) is 5.14 Å². The molecule has 3 rings (SSSR count). The van der Waals surface area contributed by atoms with Crippen molar-refractivity contribution in [3.05, 3.63) is 47.0 Å². The van der Waals surface area contributed by atoms with Gasteiger partial charge < -0.3 is 25.0 Å². The molecule has 5 N–H and O–H groups in total. The van der Waals surface area contributed by atoms with E-state index in [2.05, 4.69) is 10.5 Å². The fourth-order valence-electron chi connectivity index (χ4n) is 2.66. The van der Waals surface area contributed by atoms with Gasteiger partial charge in [0, 0.05) is 17.3 Å². The van der Waals surface area contributed by atoms with E-state index in [1.807, 2.05) is 0 Å². The van der Waals surface area contributed by atoms with Crippen LogP contribution < -0.4 is 25.7 Å². The molecule has 0 fully saturated rings. The molecule has 0 atom stereocenters. The lowest BCUT2D eigenvalue weighted by molar-refractivity contribution is 0.102. The van der Waals surface area contributed by atoms with Crippen LogP contribution >= 0.6 is 11.6 Å². The predicted octanol–water partition coefficient (Wildman–Crippen LogP) is 2.49. The van der Waals surface area contributed by atoms with E-state index in [-0.39, 0.29) is 27.1 Å². The third-order valence-electron chi connectivity index (χ3n) is 4.11. The molecule has 2 aromatic carbocycles. The van der Waals surface area contributed by atoms with E-state index in [0.29, 0.717) is 22.7 Å². The van der Waals surface area contributed by atoms with Gasteiger partial charge in [0.2, 0.25) is 15.9 Å². The van der Waals surface area contributed by atoms with E-state index >= 15 is 0 Å². The zero-order valence-corrected chi connectivity index (χ0v) is 17.4. The Morgan fingerprint density at radius 2 is 1.73 bits per heavy atom. The number of anilines is 2. The zero-order chi connectivity index (χ0) is 22.1. The fourth-order valence-corrected chi connectivity index (χ4v) is 3.42. The Hall–Kier alpha value is -3.28. The molecule has 0 spiro atoms. The molecule has 0 saturated carbocycles. The maximum Gasteiger partial charge on any atom is 0.263 e. The molecular weight excluding hydrogens is 436 g/mol. The molecule has 1 amide bonds. The normalized spacial score (nSPS) is 11.2. The zero-order valence-electron chi connectivity index (χ0n) is 15.8. The molecule has 0 unspecified atom stereocenters. The summed E-state index contributed by atoms with van der Waals surface area (Å²) in [5.41, 5.74) is 6.49. The monoisotopic (exact) mass is 452 g/mol. The van der Waals surface area contributed by atoms with Crippen molar-refractivity contribution >= 4 is 39.1 Å². The van der Waals surface area contributed by atoms with E-state index in [1.54, 1.807) is 0 Å². The quantitative estimate of drug-likeness (QED) is 0.514. The molecule has 0 saturated heterocycles. The summed E-state index contributed by atoms with van der Waals surface area (Å²) in [5, 5.41) is 11.7. The summed E-state index contributed by atoms with van der Waals surface area (Å²) in [6, 6.07) is 8.32. The largest absolute Gasteiger partial charge is 0.493 e. The minimum Gasteiger partial charge on any atom is -0.493 e. The molecule has 10 nitrogen and oxygen atoms in total. The SMILES string of the molecule is COc1cc(Cl)c(-c2noc(N)c2C(=O)Nc2ccc(S(N)(=O)=O)cc2)cc1OC. The first kappa shape index (κ1) is 21.4. The van der Waals surface area contributed by atoms with E-state index in [9.17, 15) is 13.2 Å². The summed E-state index contributed by atoms with van der Waals surface area (Å²) < 4.78 is 38.2. The highest BCUT2D eigenvalue weighted by atomic mass is 35.5. The number of primary sulfonamides is 1. The maximum absolute atomic E-state index is 12.8. The van der Waals surface area contributed by atoms with Crippen LogP contribution in [0.25, 0.3) is 11.3 Å². The Morgan fingerprint density at radius 1 is 1.13 bits per heavy atom. The number of carbonyl (C=O) groups is 1. The van der Waals surface area contributed by atoms with Crippen molar-refractivity contribution in [2.75, 3.05) is 25.3 Å². The number of hydrogen-bond acceptors (Lipinski definition) is 8. The minimum atomic E-state index is -3.85. The van der Waals surface area contributed by atoms with Crippen LogP contribution in [0, 0.1) is 0 Å². The molecule has 1 aromatic heterocycles. The lowest BCUT2D eigenvalue weighted by atomic mass is 10.1. The number of halogens is 1. The van der Waals surface area contributed by atoms with Crippen molar-refractivity contribution in [1.82, 2.24) is 5.16 Å². The maximum atomic E-state index is 12.8. The highest BCUT2D eigenvalue weighted by Gasteiger charge is 2.25. The number of sulfonamides is 1. The highest BCUT2D eigenvalue weighted by molar-refractivity contribution is 7.89. The smallest absolute Gasteiger partial charge is 0.263 e. The Morgan fingerprint density at radius 3 is 2.30 bits per heavy atom. The number of nitrogens with one attached hydrogen (secondary N) is 1. The summed E-state index contributed by atoms with van der Waals surface area (Å²) in [5.74, 6) is -0.112. The molecule has 0 aliphatic rings. The van der Waals surface area contributed by atoms with Gasteiger partial charge in [-0.1, -0.05) is 16.8 Å². The Labute approximate surface area is 176 Å². The van der Waals surface area contributed by atoms with Crippen molar-refractivity contribution in [2.45, 2.75) is 4.90 Å². The number of nitrogens with zero attached hydrogens (tertiary/aromatic N) is 1. The number of aromatic nitrogens is 1. The average Bonchev–Trinajstić information content (AvgIpc) is 3.08. The number of amides is 1. The molecular formula is C18H17ClN4O6S. The fraction of sp³-hybridized carbons (Fsp3) is 0.111. The molecule has 30 heavy (non-hydrogen) atoms. The number of hydrogen-bond donors (Lipinski definition) is 3. The van der Waals surface area contributed by atoms with E-state index in [1.165, 1.54) is 50.6 Å². The number of methoxy groups -OCH3 is 2. The van der Waals surface area contributed by atoms with Crippen LogP contribution in [0.4, 0.5) is 11.6 Å². The van der Waals surface area contributed by atoms with Gasteiger partial charge in [0.05, 0.1) is 24.1 Å². The van der Waals surface area contributed by atoms with Crippen LogP contribution in [0.5, 0.6) is 11.5 Å². The average molecular weight is 453 g/mol. The van der Waals surface area contributed by atoms with Gasteiger partial charge in [-0.25, -0.2) is 13.6 Å². The van der Waals surface area contributed by atoms with E-state index < -0.39 is 15.9 Å². The second-order valence-electron chi connectivity index (χ2n) is 5.98. The molecule has 0 aliphatic carbocycles. The molecule has 3 aromatic rings. The Bertz CT molecular complexity index is 1210.